The molecule has 3 fully saturated rings. The third-order valence-electron chi connectivity index (χ3n) is 11.3. The minimum Gasteiger partial charge on any atom is -0.507 e. The van der Waals surface area contributed by atoms with Crippen LogP contribution in [0.25, 0.3) is 0 Å². The number of carbonyl (C=O) groups excluding carboxylic acids is 4. The van der Waals surface area contributed by atoms with Crippen LogP contribution in [0.5, 0.6) is 5.75 Å². The van der Waals surface area contributed by atoms with Crippen LogP contribution in [0.1, 0.15) is 41.0 Å². The molecule has 9 heteroatoms. The van der Waals surface area contributed by atoms with Crippen molar-refractivity contribution in [1.82, 2.24) is 5.01 Å². The highest BCUT2D eigenvalue weighted by Crippen LogP contribution is 2.65. The van der Waals surface area contributed by atoms with Crippen LogP contribution in [0.15, 0.2) is 121 Å². The van der Waals surface area contributed by atoms with Gasteiger partial charge in [-0.1, -0.05) is 95.6 Å². The summed E-state index contributed by atoms with van der Waals surface area (Å²) in [4.78, 5) is 59.9. The van der Waals surface area contributed by atoms with E-state index in [-0.39, 0.29) is 30.4 Å². The van der Waals surface area contributed by atoms with E-state index < -0.39 is 46.8 Å². The lowest BCUT2D eigenvalue weighted by Crippen LogP contribution is -2.53. The highest BCUT2D eigenvalue weighted by molar-refractivity contribution is 6.31. The molecule has 0 aromatic heterocycles. The van der Waals surface area contributed by atoms with Crippen LogP contribution in [0.3, 0.4) is 0 Å². The number of aryl methyl sites for hydroxylation is 1. The van der Waals surface area contributed by atoms with Crippen molar-refractivity contribution in [2.24, 2.45) is 23.7 Å². The number of imide groups is 2. The second-order valence-electron chi connectivity index (χ2n) is 13.9. The van der Waals surface area contributed by atoms with Crippen LogP contribution in [0, 0.1) is 30.6 Å². The normalized spacial score (nSPS) is 26.8. The number of phenolic OH excluding ortho intramolecular Hbond substituents is 1. The molecule has 4 aromatic carbocycles. The first-order valence-electron chi connectivity index (χ1n) is 17.2. The molecule has 2 N–H and O–H groups in total. The molecule has 1 saturated carbocycles. The maximum Gasteiger partial charge on any atom is 0.260 e. The first-order valence-corrected chi connectivity index (χ1v) is 17.6. The Morgan fingerprint density at radius 1 is 0.882 bits per heavy atom. The van der Waals surface area contributed by atoms with Crippen molar-refractivity contribution in [2.75, 3.05) is 10.3 Å². The van der Waals surface area contributed by atoms with E-state index in [1.807, 2.05) is 79.7 Å². The number of allylic oxidation sites excluding steroid dienone is 3. The molecule has 256 valence electrons. The van der Waals surface area contributed by atoms with Gasteiger partial charge in [-0.25, -0.2) is 0 Å². The zero-order valence-corrected chi connectivity index (χ0v) is 28.7. The summed E-state index contributed by atoms with van der Waals surface area (Å²) >= 11 is 6.14. The molecule has 0 spiro atoms. The number of rotatable bonds is 7. The Hall–Kier alpha value is -5.47. The number of aromatic hydroxyl groups is 1. The SMILES string of the molecule is C=CCc1cccc([C@H]2C3=CC[C@@H]4C(=O)N(c5ccc(Cl)cc5)C(=O)[C@@H]4[C@@H]3C[C@H]3C(=O)N(Nc4ccc(C)cc4)C(=O)[C@@]23c2ccccc2)c1O. The summed E-state index contributed by atoms with van der Waals surface area (Å²) in [5.74, 6) is -5.20. The molecular weight excluding hydrogens is 662 g/mol. The van der Waals surface area contributed by atoms with Crippen molar-refractivity contribution >= 4 is 46.6 Å². The molecule has 2 saturated heterocycles. The summed E-state index contributed by atoms with van der Waals surface area (Å²) in [6.07, 6.45) is 4.52. The van der Waals surface area contributed by atoms with Gasteiger partial charge in [-0.2, -0.15) is 5.01 Å². The number of halogens is 1. The van der Waals surface area contributed by atoms with Gasteiger partial charge < -0.3 is 5.11 Å². The number of nitrogens with zero attached hydrogens (tertiary/aromatic N) is 2. The molecule has 6 atom stereocenters. The molecule has 2 aliphatic carbocycles. The van der Waals surface area contributed by atoms with Crippen LogP contribution >= 0.6 is 11.6 Å². The number of anilines is 2. The Morgan fingerprint density at radius 2 is 1.61 bits per heavy atom. The topological polar surface area (TPSA) is 107 Å². The first kappa shape index (κ1) is 32.7. The summed E-state index contributed by atoms with van der Waals surface area (Å²) < 4.78 is 0. The van der Waals surface area contributed by atoms with Gasteiger partial charge in [0.25, 0.3) is 11.8 Å². The van der Waals surface area contributed by atoms with Crippen molar-refractivity contribution < 1.29 is 24.3 Å². The molecule has 4 amide bonds. The van der Waals surface area contributed by atoms with Crippen molar-refractivity contribution in [3.63, 3.8) is 0 Å². The van der Waals surface area contributed by atoms with E-state index >= 15 is 4.79 Å². The average molecular weight is 698 g/mol. The quantitative estimate of drug-likeness (QED) is 0.155. The highest BCUT2D eigenvalue weighted by atomic mass is 35.5. The maximum atomic E-state index is 15.3. The van der Waals surface area contributed by atoms with Crippen molar-refractivity contribution in [1.29, 1.82) is 0 Å². The van der Waals surface area contributed by atoms with Gasteiger partial charge in [-0.05, 0) is 79.6 Å². The third-order valence-corrected chi connectivity index (χ3v) is 11.6. The summed E-state index contributed by atoms with van der Waals surface area (Å²) in [5, 5.41) is 13.6. The van der Waals surface area contributed by atoms with Gasteiger partial charge in [0.05, 0.1) is 34.5 Å². The second-order valence-corrected chi connectivity index (χ2v) is 14.4. The summed E-state index contributed by atoms with van der Waals surface area (Å²) in [7, 11) is 0. The number of hydrazine groups is 1. The van der Waals surface area contributed by atoms with Gasteiger partial charge in [0, 0.05) is 16.5 Å². The largest absolute Gasteiger partial charge is 0.507 e. The van der Waals surface area contributed by atoms with Gasteiger partial charge in [-0.15, -0.1) is 6.58 Å². The molecule has 8 nitrogen and oxygen atoms in total. The van der Waals surface area contributed by atoms with Crippen molar-refractivity contribution in [3.05, 3.63) is 149 Å². The summed E-state index contributed by atoms with van der Waals surface area (Å²) in [5.41, 5.74) is 6.21. The minimum absolute atomic E-state index is 0.0157. The fraction of sp³-hybridized carbons (Fsp3) is 0.238. The summed E-state index contributed by atoms with van der Waals surface area (Å²) in [6, 6.07) is 28.8. The standard InChI is InChI=1S/C42H36ClN3O5/c1-3-8-25-9-7-12-32(37(25)47)36-30-21-22-31-35(40(50)45(38(31)48)29-19-15-27(43)16-20-29)33(30)23-34-39(49)46(44-28-17-13-24(2)14-18-28)41(51)42(34,36)26-10-5-4-6-11-26/h3-7,9-21,31,33-36,44,47H,1,8,22-23H2,2H3/t31-,33+,34-,35-,36+,42+/m0/s1. The van der Waals surface area contributed by atoms with E-state index in [1.54, 1.807) is 36.4 Å². The molecule has 0 bridgehead atoms. The molecule has 51 heavy (non-hydrogen) atoms. The fourth-order valence-electron chi connectivity index (χ4n) is 9.10. The van der Waals surface area contributed by atoms with Gasteiger partial charge >= 0.3 is 0 Å². The van der Waals surface area contributed by atoms with Crippen LogP contribution < -0.4 is 10.3 Å². The number of nitrogens with one attached hydrogen (secondary N) is 1. The number of para-hydroxylation sites is 1. The number of carbonyl (C=O) groups is 4. The first-order chi connectivity index (χ1) is 24.7. The van der Waals surface area contributed by atoms with Gasteiger partial charge in [0.2, 0.25) is 11.8 Å². The molecular formula is C42H36ClN3O5. The van der Waals surface area contributed by atoms with Crippen LogP contribution in [-0.4, -0.2) is 33.7 Å². The minimum atomic E-state index is -1.48. The predicted molar refractivity (Wildman–Crippen MR) is 195 cm³/mol. The summed E-state index contributed by atoms with van der Waals surface area (Å²) in [6.45, 7) is 5.82. The Morgan fingerprint density at radius 3 is 2.31 bits per heavy atom. The van der Waals surface area contributed by atoms with Gasteiger partial charge in [0.1, 0.15) is 5.75 Å². The molecule has 2 aliphatic heterocycles. The number of hydrogen-bond donors (Lipinski definition) is 2. The number of fused-ring (bicyclic) bond motifs is 4. The molecule has 4 aliphatic rings. The van der Waals surface area contributed by atoms with E-state index in [0.29, 0.717) is 39.5 Å². The Kier molecular flexibility index (Phi) is 7.95. The lowest BCUT2D eigenvalue weighted by Gasteiger charge is -2.50. The number of amides is 4. The number of phenols is 1. The fourth-order valence-corrected chi connectivity index (χ4v) is 9.23. The van der Waals surface area contributed by atoms with Crippen molar-refractivity contribution in [3.8, 4) is 5.75 Å². The number of benzene rings is 4. The average Bonchev–Trinajstić information content (AvgIpc) is 3.52. The lowest BCUT2D eigenvalue weighted by molar-refractivity contribution is -0.138. The Bertz CT molecular complexity index is 2130. The zero-order chi connectivity index (χ0) is 35.6. The Labute approximate surface area is 301 Å². The highest BCUT2D eigenvalue weighted by Gasteiger charge is 2.70. The zero-order valence-electron chi connectivity index (χ0n) is 28.0. The van der Waals surface area contributed by atoms with Crippen LogP contribution in [0.2, 0.25) is 5.02 Å². The van der Waals surface area contributed by atoms with Crippen LogP contribution in [-0.2, 0) is 31.0 Å². The van der Waals surface area contributed by atoms with E-state index in [1.165, 1.54) is 4.90 Å². The molecule has 4 aromatic rings. The monoisotopic (exact) mass is 697 g/mol. The van der Waals surface area contributed by atoms with E-state index in [9.17, 15) is 19.5 Å². The predicted octanol–water partition coefficient (Wildman–Crippen LogP) is 7.27. The van der Waals surface area contributed by atoms with Gasteiger partial charge in [0.15, 0.2) is 0 Å². The van der Waals surface area contributed by atoms with Gasteiger partial charge in [-0.3, -0.25) is 29.5 Å². The van der Waals surface area contributed by atoms with E-state index in [4.69, 9.17) is 11.6 Å². The smallest absolute Gasteiger partial charge is 0.260 e. The van der Waals surface area contributed by atoms with E-state index in [0.717, 1.165) is 16.1 Å². The molecule has 0 unspecified atom stereocenters. The third kappa shape index (κ3) is 4.88. The number of hydrogen-bond acceptors (Lipinski definition) is 6. The van der Waals surface area contributed by atoms with Crippen LogP contribution in [0.4, 0.5) is 11.4 Å². The molecule has 8 rings (SSSR count). The Balaban J connectivity index is 1.34. The van der Waals surface area contributed by atoms with E-state index in [2.05, 4.69) is 12.0 Å². The molecule has 0 radical (unpaired) electrons. The van der Waals surface area contributed by atoms with Crippen molar-refractivity contribution in [2.45, 2.75) is 37.5 Å². The lowest BCUT2D eigenvalue weighted by atomic mass is 9.49. The molecule has 2 heterocycles. The maximum absolute atomic E-state index is 15.3. The second kappa shape index (κ2) is 12.4.